The molecule has 2 aliphatic rings. The molecule has 9 nitrogen and oxygen atoms in total. The second-order valence-corrected chi connectivity index (χ2v) is 7.45. The van der Waals surface area contributed by atoms with Crippen molar-refractivity contribution in [2.75, 3.05) is 49.5 Å². The van der Waals surface area contributed by atoms with Crippen molar-refractivity contribution in [3.63, 3.8) is 0 Å². The van der Waals surface area contributed by atoms with Gasteiger partial charge in [-0.1, -0.05) is 6.92 Å². The molecule has 0 bridgehead atoms. The van der Waals surface area contributed by atoms with Crippen molar-refractivity contribution in [2.45, 2.75) is 25.8 Å². The van der Waals surface area contributed by atoms with Gasteiger partial charge in [0.1, 0.15) is 11.5 Å². The maximum absolute atomic E-state index is 12.8. The summed E-state index contributed by atoms with van der Waals surface area (Å²) in [6.07, 6.45) is 5.36. The molecule has 4 heterocycles. The fraction of sp³-hybridized carbons (Fsp3) is 0.500. The number of rotatable bonds is 5. The van der Waals surface area contributed by atoms with Gasteiger partial charge >= 0.3 is 0 Å². The summed E-state index contributed by atoms with van der Waals surface area (Å²) in [6.45, 7) is 6.92. The standard InChI is InChI=1S/C20H27N7O2/c1-2-25-10-5-15(6-11-25)27-18(4-8-23-27)24-20(29)17-13-16(3-7-21-17)26-12-9-22-19(28)14-26/h3-4,7-8,13,15H,2,5-6,9-12,14H2,1H3,(H,22,28)(H,24,29). The highest BCUT2D eigenvalue weighted by Crippen LogP contribution is 2.25. The molecule has 4 rings (SSSR count). The summed E-state index contributed by atoms with van der Waals surface area (Å²) in [5.74, 6) is 0.396. The van der Waals surface area contributed by atoms with Gasteiger partial charge in [-0.2, -0.15) is 5.10 Å². The largest absolute Gasteiger partial charge is 0.360 e. The Morgan fingerprint density at radius 3 is 2.83 bits per heavy atom. The first-order valence-corrected chi connectivity index (χ1v) is 10.2. The van der Waals surface area contributed by atoms with E-state index in [-0.39, 0.29) is 24.4 Å². The van der Waals surface area contributed by atoms with Crippen LogP contribution >= 0.6 is 0 Å². The molecule has 0 radical (unpaired) electrons. The average Bonchev–Trinajstić information content (AvgIpc) is 3.22. The van der Waals surface area contributed by atoms with Crippen molar-refractivity contribution in [1.82, 2.24) is 25.0 Å². The van der Waals surface area contributed by atoms with Crippen molar-refractivity contribution in [3.8, 4) is 0 Å². The zero-order chi connectivity index (χ0) is 20.2. The van der Waals surface area contributed by atoms with Gasteiger partial charge in [-0.15, -0.1) is 0 Å². The van der Waals surface area contributed by atoms with E-state index in [1.165, 1.54) is 0 Å². The van der Waals surface area contributed by atoms with Crippen molar-refractivity contribution < 1.29 is 9.59 Å². The molecule has 0 aliphatic carbocycles. The first-order valence-electron chi connectivity index (χ1n) is 10.2. The fourth-order valence-electron chi connectivity index (χ4n) is 3.96. The molecule has 0 unspecified atom stereocenters. The molecule has 154 valence electrons. The van der Waals surface area contributed by atoms with Gasteiger partial charge in [-0.05, 0) is 31.5 Å². The Morgan fingerprint density at radius 1 is 1.24 bits per heavy atom. The lowest BCUT2D eigenvalue weighted by Crippen LogP contribution is -2.47. The number of anilines is 2. The maximum atomic E-state index is 12.8. The molecular formula is C20H27N7O2. The minimum Gasteiger partial charge on any atom is -0.360 e. The summed E-state index contributed by atoms with van der Waals surface area (Å²) >= 11 is 0. The first-order chi connectivity index (χ1) is 14.1. The smallest absolute Gasteiger partial charge is 0.275 e. The zero-order valence-corrected chi connectivity index (χ0v) is 16.7. The van der Waals surface area contributed by atoms with Crippen LogP contribution in [0.2, 0.25) is 0 Å². The molecule has 2 fully saturated rings. The van der Waals surface area contributed by atoms with E-state index in [2.05, 4.69) is 32.5 Å². The van der Waals surface area contributed by atoms with Crippen LogP contribution in [-0.4, -0.2) is 70.7 Å². The highest BCUT2D eigenvalue weighted by molar-refractivity contribution is 6.03. The fourth-order valence-corrected chi connectivity index (χ4v) is 3.96. The van der Waals surface area contributed by atoms with Gasteiger partial charge in [-0.25, -0.2) is 4.68 Å². The Bertz CT molecular complexity index is 873. The Balaban J connectivity index is 1.45. The summed E-state index contributed by atoms with van der Waals surface area (Å²) in [5.41, 5.74) is 1.14. The van der Waals surface area contributed by atoms with Crippen LogP contribution in [0.3, 0.4) is 0 Å². The molecule has 2 aliphatic heterocycles. The van der Waals surface area contributed by atoms with Crippen LogP contribution in [-0.2, 0) is 4.79 Å². The van der Waals surface area contributed by atoms with Crippen LogP contribution in [0.5, 0.6) is 0 Å². The van der Waals surface area contributed by atoms with Gasteiger partial charge in [0.2, 0.25) is 5.91 Å². The Kier molecular flexibility index (Phi) is 5.75. The number of hydrogen-bond acceptors (Lipinski definition) is 6. The maximum Gasteiger partial charge on any atom is 0.275 e. The van der Waals surface area contributed by atoms with E-state index in [1.807, 2.05) is 21.7 Å². The molecule has 0 aromatic carbocycles. The SMILES string of the molecule is CCN1CCC(n2nccc2NC(=O)c2cc(N3CCNC(=O)C3)ccn2)CC1. The lowest BCUT2D eigenvalue weighted by Gasteiger charge is -2.31. The molecule has 9 heteroatoms. The summed E-state index contributed by atoms with van der Waals surface area (Å²) in [6, 6.07) is 5.66. The molecule has 2 aromatic heterocycles. The van der Waals surface area contributed by atoms with Crippen molar-refractivity contribution in [1.29, 1.82) is 0 Å². The molecule has 2 saturated heterocycles. The predicted octanol–water partition coefficient (Wildman–Crippen LogP) is 1.12. The number of pyridine rings is 1. The topological polar surface area (TPSA) is 95.4 Å². The molecule has 0 atom stereocenters. The third kappa shape index (κ3) is 4.40. The van der Waals surface area contributed by atoms with Gasteiger partial charge in [-0.3, -0.25) is 14.6 Å². The molecule has 2 N–H and O–H groups in total. The van der Waals surface area contributed by atoms with Gasteiger partial charge in [0, 0.05) is 44.1 Å². The molecule has 2 amide bonds. The zero-order valence-electron chi connectivity index (χ0n) is 16.7. The molecule has 0 saturated carbocycles. The lowest BCUT2D eigenvalue weighted by atomic mass is 10.1. The second kappa shape index (κ2) is 8.60. The summed E-state index contributed by atoms with van der Waals surface area (Å²) < 4.78 is 1.92. The summed E-state index contributed by atoms with van der Waals surface area (Å²) in [7, 11) is 0. The van der Waals surface area contributed by atoms with Crippen LogP contribution in [0.4, 0.5) is 11.5 Å². The lowest BCUT2D eigenvalue weighted by molar-refractivity contribution is -0.120. The number of carbonyl (C=O) groups is 2. The van der Waals surface area contributed by atoms with Gasteiger partial charge < -0.3 is 20.4 Å². The normalized spacial score (nSPS) is 18.5. The van der Waals surface area contributed by atoms with E-state index >= 15 is 0 Å². The first kappa shape index (κ1) is 19.4. The third-order valence-corrected chi connectivity index (χ3v) is 5.64. The van der Waals surface area contributed by atoms with E-state index in [4.69, 9.17) is 0 Å². The number of piperazine rings is 1. The van der Waals surface area contributed by atoms with Gasteiger partial charge in [0.25, 0.3) is 5.91 Å². The van der Waals surface area contributed by atoms with Gasteiger partial charge in [0.15, 0.2) is 0 Å². The van der Waals surface area contributed by atoms with E-state index in [1.54, 1.807) is 18.5 Å². The average molecular weight is 397 g/mol. The van der Waals surface area contributed by atoms with Crippen molar-refractivity contribution >= 4 is 23.3 Å². The summed E-state index contributed by atoms with van der Waals surface area (Å²) in [5, 5.41) is 10.2. The predicted molar refractivity (Wildman–Crippen MR) is 110 cm³/mol. The van der Waals surface area contributed by atoms with Crippen LogP contribution in [0.25, 0.3) is 0 Å². The Hall–Kier alpha value is -2.94. The number of piperidine rings is 1. The van der Waals surface area contributed by atoms with Crippen LogP contribution in [0.15, 0.2) is 30.6 Å². The van der Waals surface area contributed by atoms with Crippen LogP contribution < -0.4 is 15.5 Å². The van der Waals surface area contributed by atoms with E-state index in [0.29, 0.717) is 24.6 Å². The molecular weight excluding hydrogens is 370 g/mol. The summed E-state index contributed by atoms with van der Waals surface area (Å²) in [4.78, 5) is 33.1. The van der Waals surface area contributed by atoms with Crippen molar-refractivity contribution in [3.05, 3.63) is 36.3 Å². The van der Waals surface area contributed by atoms with Crippen molar-refractivity contribution in [2.24, 2.45) is 0 Å². The number of hydrogen-bond donors (Lipinski definition) is 2. The third-order valence-electron chi connectivity index (χ3n) is 5.64. The number of amides is 2. The molecule has 2 aromatic rings. The highest BCUT2D eigenvalue weighted by Gasteiger charge is 2.23. The monoisotopic (exact) mass is 397 g/mol. The second-order valence-electron chi connectivity index (χ2n) is 7.45. The minimum atomic E-state index is -0.277. The number of nitrogens with zero attached hydrogens (tertiary/aromatic N) is 5. The highest BCUT2D eigenvalue weighted by atomic mass is 16.2. The van der Waals surface area contributed by atoms with E-state index in [9.17, 15) is 9.59 Å². The number of aromatic nitrogens is 3. The van der Waals surface area contributed by atoms with Crippen LogP contribution in [0, 0.1) is 0 Å². The molecule has 29 heavy (non-hydrogen) atoms. The van der Waals surface area contributed by atoms with E-state index < -0.39 is 0 Å². The Labute approximate surface area is 170 Å². The Morgan fingerprint density at radius 2 is 2.07 bits per heavy atom. The number of nitrogens with one attached hydrogen (secondary N) is 2. The van der Waals surface area contributed by atoms with E-state index in [0.717, 1.165) is 38.2 Å². The number of likely N-dealkylation sites (tertiary alicyclic amines) is 1. The molecule has 0 spiro atoms. The van der Waals surface area contributed by atoms with Gasteiger partial charge in [0.05, 0.1) is 18.8 Å². The number of carbonyl (C=O) groups excluding carboxylic acids is 2. The van der Waals surface area contributed by atoms with Crippen LogP contribution in [0.1, 0.15) is 36.3 Å². The quantitative estimate of drug-likeness (QED) is 0.785. The minimum absolute atomic E-state index is 0.0166.